The number of carbonyl (C=O) groups is 1. The molecule has 1 aromatic carbocycles. The normalized spacial score (nSPS) is 16.8. The van der Waals surface area contributed by atoms with Crippen LogP contribution in [0.1, 0.15) is 12.8 Å². The molecule has 1 aliphatic rings. The maximum atomic E-state index is 13.0. The topological polar surface area (TPSA) is 32.3 Å². The van der Waals surface area contributed by atoms with Gasteiger partial charge < -0.3 is 5.32 Å². The lowest BCUT2D eigenvalue weighted by molar-refractivity contribution is -0.121. The van der Waals surface area contributed by atoms with Crippen molar-refractivity contribution in [2.45, 2.75) is 12.8 Å². The Bertz CT molecular complexity index is 407. The molecule has 1 amide bonds. The smallest absolute Gasteiger partial charge is 0.244 e. The third-order valence-electron chi connectivity index (χ3n) is 2.92. The van der Waals surface area contributed by atoms with E-state index < -0.39 is 5.82 Å². The first-order valence-corrected chi connectivity index (χ1v) is 5.98. The summed E-state index contributed by atoms with van der Waals surface area (Å²) in [4.78, 5) is 12.1. The summed E-state index contributed by atoms with van der Waals surface area (Å²) in [6.45, 7) is 1.65. The molecule has 1 saturated heterocycles. The quantitative estimate of drug-likeness (QED) is 0.824. The van der Waals surface area contributed by atoms with E-state index in [2.05, 4.69) is 5.32 Å². The van der Waals surface area contributed by atoms with Crippen molar-refractivity contribution in [3.05, 3.63) is 30.1 Å². The summed E-state index contributed by atoms with van der Waals surface area (Å²) in [5, 5.41) is 3.18. The van der Waals surface area contributed by atoms with Crippen LogP contribution < -0.4 is 9.74 Å². The lowest BCUT2D eigenvalue weighted by Gasteiger charge is -2.25. The molecule has 5 heteroatoms. The van der Waals surface area contributed by atoms with Crippen molar-refractivity contribution < 1.29 is 9.18 Å². The van der Waals surface area contributed by atoms with Crippen LogP contribution in [0.4, 0.5) is 10.1 Å². The van der Waals surface area contributed by atoms with Crippen LogP contribution in [0.3, 0.4) is 0 Å². The number of hydrogen-bond donors (Lipinski definition) is 1. The molecule has 0 saturated carbocycles. The minimum absolute atomic E-state index is 0.0722. The number of halogens is 2. The van der Waals surface area contributed by atoms with E-state index in [4.69, 9.17) is 11.8 Å². The summed E-state index contributed by atoms with van der Waals surface area (Å²) in [5.41, 5.74) is 0.384. The van der Waals surface area contributed by atoms with Crippen LogP contribution in [-0.4, -0.2) is 19.0 Å². The van der Waals surface area contributed by atoms with Crippen LogP contribution in [0.2, 0.25) is 0 Å². The Morgan fingerprint density at radius 2 is 2.12 bits per heavy atom. The summed E-state index contributed by atoms with van der Waals surface area (Å²) in [6, 6.07) is 5.74. The van der Waals surface area contributed by atoms with Gasteiger partial charge in [0, 0.05) is 17.7 Å². The predicted octanol–water partition coefficient (Wildman–Crippen LogP) is 2.31. The van der Waals surface area contributed by atoms with Gasteiger partial charge in [-0.3, -0.25) is 4.79 Å². The van der Waals surface area contributed by atoms with Gasteiger partial charge in [0.25, 0.3) is 0 Å². The molecular weight excluding hydrogens is 243 g/mol. The molecular formula is C12H14ClFN2O. The first-order valence-electron chi connectivity index (χ1n) is 5.64. The molecule has 0 aromatic heterocycles. The number of carbonyl (C=O) groups excluding carboxylic acids is 1. The van der Waals surface area contributed by atoms with E-state index in [0.29, 0.717) is 5.69 Å². The first-order chi connectivity index (χ1) is 8.18. The molecule has 0 radical (unpaired) electrons. The van der Waals surface area contributed by atoms with Gasteiger partial charge >= 0.3 is 0 Å². The van der Waals surface area contributed by atoms with Crippen LogP contribution in [0.15, 0.2) is 24.3 Å². The largest absolute Gasteiger partial charge is 0.317 e. The molecule has 0 atom stereocenters. The molecule has 1 aromatic rings. The van der Waals surface area contributed by atoms with Gasteiger partial charge in [0.2, 0.25) is 5.91 Å². The predicted molar refractivity (Wildman–Crippen MR) is 65.3 cm³/mol. The van der Waals surface area contributed by atoms with Gasteiger partial charge in [-0.05, 0) is 44.1 Å². The molecule has 1 heterocycles. The van der Waals surface area contributed by atoms with E-state index in [1.807, 2.05) is 0 Å². The second-order valence-corrected chi connectivity index (χ2v) is 4.46. The summed E-state index contributed by atoms with van der Waals surface area (Å²) in [5.74, 6) is -0.623. The van der Waals surface area contributed by atoms with Crippen molar-refractivity contribution in [3.8, 4) is 0 Å². The Hall–Kier alpha value is -1.13. The number of hydrogen-bond acceptors (Lipinski definition) is 2. The van der Waals surface area contributed by atoms with Gasteiger partial charge in [-0.15, -0.1) is 0 Å². The summed E-state index contributed by atoms with van der Waals surface area (Å²) >= 11 is 5.96. The van der Waals surface area contributed by atoms with E-state index in [1.165, 1.54) is 18.2 Å². The maximum absolute atomic E-state index is 13.0. The van der Waals surface area contributed by atoms with E-state index in [1.54, 1.807) is 6.07 Å². The Labute approximate surface area is 105 Å². The summed E-state index contributed by atoms with van der Waals surface area (Å²) in [7, 11) is 0. The molecule has 2 rings (SSSR count). The Balaban J connectivity index is 2.08. The zero-order chi connectivity index (χ0) is 12.3. The number of anilines is 1. The fraction of sp³-hybridized carbons (Fsp3) is 0.417. The lowest BCUT2D eigenvalue weighted by Crippen LogP contribution is -2.37. The van der Waals surface area contributed by atoms with Crippen molar-refractivity contribution in [3.63, 3.8) is 0 Å². The minimum Gasteiger partial charge on any atom is -0.317 e. The average Bonchev–Trinajstić information content (AvgIpc) is 2.38. The van der Waals surface area contributed by atoms with Crippen LogP contribution in [0.5, 0.6) is 0 Å². The van der Waals surface area contributed by atoms with Crippen molar-refractivity contribution in [2.24, 2.45) is 5.92 Å². The van der Waals surface area contributed by atoms with Crippen molar-refractivity contribution in [1.82, 2.24) is 5.32 Å². The maximum Gasteiger partial charge on any atom is 0.244 e. The third-order valence-corrected chi connectivity index (χ3v) is 3.28. The van der Waals surface area contributed by atoms with Crippen molar-refractivity contribution >= 4 is 23.4 Å². The van der Waals surface area contributed by atoms with Crippen LogP contribution in [0, 0.1) is 11.7 Å². The monoisotopic (exact) mass is 256 g/mol. The Morgan fingerprint density at radius 1 is 1.41 bits per heavy atom. The molecule has 1 N–H and O–H groups in total. The molecule has 0 aliphatic carbocycles. The molecule has 17 heavy (non-hydrogen) atoms. The molecule has 1 fully saturated rings. The van der Waals surface area contributed by atoms with Crippen molar-refractivity contribution in [1.29, 1.82) is 0 Å². The SMILES string of the molecule is O=C(C1CCNCC1)N(Cl)c1cccc(F)c1. The number of piperidine rings is 1. The van der Waals surface area contributed by atoms with E-state index in [-0.39, 0.29) is 11.8 Å². The minimum atomic E-state index is -0.397. The fourth-order valence-electron chi connectivity index (χ4n) is 1.95. The van der Waals surface area contributed by atoms with Gasteiger partial charge in [-0.25, -0.2) is 8.81 Å². The van der Waals surface area contributed by atoms with E-state index in [0.717, 1.165) is 30.4 Å². The second-order valence-electron chi connectivity index (χ2n) is 4.12. The van der Waals surface area contributed by atoms with E-state index >= 15 is 0 Å². The number of nitrogens with one attached hydrogen (secondary N) is 1. The standard InChI is InChI=1S/C12H14ClFN2O/c13-16(11-3-1-2-10(14)8-11)12(17)9-4-6-15-7-5-9/h1-3,8-9,15H,4-7H2. The molecule has 0 spiro atoms. The highest BCUT2D eigenvalue weighted by molar-refractivity contribution is 6.36. The fourth-order valence-corrected chi connectivity index (χ4v) is 2.20. The van der Waals surface area contributed by atoms with Crippen LogP contribution in [0.25, 0.3) is 0 Å². The van der Waals surface area contributed by atoms with Gasteiger partial charge in [0.05, 0.1) is 5.69 Å². The molecule has 1 aliphatic heterocycles. The van der Waals surface area contributed by atoms with Gasteiger partial charge in [-0.2, -0.15) is 0 Å². The average molecular weight is 257 g/mol. The van der Waals surface area contributed by atoms with Gasteiger partial charge in [0.15, 0.2) is 0 Å². The van der Waals surface area contributed by atoms with Crippen LogP contribution in [-0.2, 0) is 4.79 Å². The Morgan fingerprint density at radius 3 is 2.76 bits per heavy atom. The third kappa shape index (κ3) is 2.96. The molecule has 0 unspecified atom stereocenters. The zero-order valence-corrected chi connectivity index (χ0v) is 10.1. The number of amides is 1. The van der Waals surface area contributed by atoms with E-state index in [9.17, 15) is 9.18 Å². The highest BCUT2D eigenvalue weighted by Gasteiger charge is 2.26. The lowest BCUT2D eigenvalue weighted by atomic mass is 9.97. The molecule has 92 valence electrons. The zero-order valence-electron chi connectivity index (χ0n) is 9.33. The van der Waals surface area contributed by atoms with Crippen LogP contribution >= 0.6 is 11.8 Å². The highest BCUT2D eigenvalue weighted by Crippen LogP contribution is 2.23. The van der Waals surface area contributed by atoms with Gasteiger partial charge in [0.1, 0.15) is 5.82 Å². The Kier molecular flexibility index (Phi) is 3.97. The second kappa shape index (κ2) is 5.47. The molecule has 0 bridgehead atoms. The summed E-state index contributed by atoms with van der Waals surface area (Å²) in [6.07, 6.45) is 1.55. The molecule has 3 nitrogen and oxygen atoms in total. The summed E-state index contributed by atoms with van der Waals surface area (Å²) < 4.78 is 14.1. The number of benzene rings is 1. The first kappa shape index (κ1) is 12.3. The van der Waals surface area contributed by atoms with Crippen molar-refractivity contribution in [2.75, 3.05) is 17.5 Å². The van der Waals surface area contributed by atoms with Gasteiger partial charge in [-0.1, -0.05) is 6.07 Å². The number of nitrogens with zero attached hydrogens (tertiary/aromatic N) is 1. The highest BCUT2D eigenvalue weighted by atomic mass is 35.5. The number of rotatable bonds is 2.